The minimum atomic E-state index is -4.15. The third-order valence-electron chi connectivity index (χ3n) is 3.48. The number of nitro benzene ring substituents is 1. The van der Waals surface area contributed by atoms with Gasteiger partial charge in [0, 0.05) is 6.54 Å². The van der Waals surface area contributed by atoms with Crippen molar-refractivity contribution in [2.45, 2.75) is 32.6 Å². The van der Waals surface area contributed by atoms with E-state index in [-0.39, 0.29) is 17.9 Å². The number of hydrogen-bond donors (Lipinski definition) is 1. The van der Waals surface area contributed by atoms with Gasteiger partial charge in [-0.1, -0.05) is 33.8 Å². The summed E-state index contributed by atoms with van der Waals surface area (Å²) in [5.41, 5.74) is -1.16. The third-order valence-corrected chi connectivity index (χ3v) is 4.93. The molecule has 0 amide bonds. The number of hydrogen-bond acceptors (Lipinski definition) is 4. The summed E-state index contributed by atoms with van der Waals surface area (Å²) >= 11 is 0. The first-order valence-corrected chi connectivity index (χ1v) is 7.87. The first kappa shape index (κ1) is 17.5. The minimum Gasteiger partial charge on any atom is -0.258 e. The van der Waals surface area contributed by atoms with Gasteiger partial charge < -0.3 is 0 Å². The molecule has 0 bridgehead atoms. The molecule has 21 heavy (non-hydrogen) atoms. The lowest BCUT2D eigenvalue weighted by Crippen LogP contribution is -2.34. The number of para-hydroxylation sites is 1. The molecule has 6 nitrogen and oxygen atoms in total. The summed E-state index contributed by atoms with van der Waals surface area (Å²) in [6, 6.07) is 3.00. The zero-order valence-electron chi connectivity index (χ0n) is 12.4. The van der Waals surface area contributed by atoms with Gasteiger partial charge in [-0.15, -0.1) is 0 Å². The van der Waals surface area contributed by atoms with Crippen molar-refractivity contribution in [3.05, 3.63) is 34.1 Å². The molecular formula is C13H19FN2O4S. The van der Waals surface area contributed by atoms with Gasteiger partial charge in [-0.25, -0.2) is 13.1 Å². The highest BCUT2D eigenvalue weighted by molar-refractivity contribution is 7.89. The smallest absolute Gasteiger partial charge is 0.258 e. The minimum absolute atomic E-state index is 0.000102. The molecule has 1 atom stereocenters. The van der Waals surface area contributed by atoms with Crippen LogP contribution in [0, 0.1) is 27.3 Å². The predicted octanol–water partition coefficient (Wildman–Crippen LogP) is 2.69. The van der Waals surface area contributed by atoms with Gasteiger partial charge in [0.05, 0.1) is 4.92 Å². The normalized spacial score (nSPS) is 14.0. The van der Waals surface area contributed by atoms with Gasteiger partial charge >= 0.3 is 5.69 Å². The van der Waals surface area contributed by atoms with Crippen LogP contribution in [0.3, 0.4) is 0 Å². The molecule has 0 aliphatic rings. The molecule has 0 aromatic heterocycles. The van der Waals surface area contributed by atoms with E-state index in [9.17, 15) is 22.9 Å². The lowest BCUT2D eigenvalue weighted by atomic mass is 9.82. The van der Waals surface area contributed by atoms with Crippen LogP contribution in [-0.2, 0) is 10.0 Å². The Balaban J connectivity index is 3.10. The van der Waals surface area contributed by atoms with Crippen molar-refractivity contribution in [1.29, 1.82) is 0 Å². The Morgan fingerprint density at radius 1 is 1.38 bits per heavy atom. The fraction of sp³-hybridized carbons (Fsp3) is 0.538. The van der Waals surface area contributed by atoms with Crippen molar-refractivity contribution < 1.29 is 17.7 Å². The number of nitrogens with zero attached hydrogens (tertiary/aromatic N) is 1. The molecular weight excluding hydrogens is 299 g/mol. The summed E-state index contributed by atoms with van der Waals surface area (Å²) in [4.78, 5) is 9.17. The number of nitro groups is 1. The monoisotopic (exact) mass is 318 g/mol. The molecule has 1 aromatic carbocycles. The Morgan fingerprint density at radius 2 is 1.95 bits per heavy atom. The average Bonchev–Trinajstić information content (AvgIpc) is 2.34. The largest absolute Gasteiger partial charge is 0.324 e. The first-order valence-electron chi connectivity index (χ1n) is 6.39. The molecule has 0 saturated carbocycles. The molecule has 0 aliphatic heterocycles. The lowest BCUT2D eigenvalue weighted by Gasteiger charge is -2.27. The Kier molecular flexibility index (Phi) is 5.06. The van der Waals surface area contributed by atoms with Gasteiger partial charge in [0.2, 0.25) is 15.8 Å². The lowest BCUT2D eigenvalue weighted by molar-refractivity contribution is -0.390. The second-order valence-corrected chi connectivity index (χ2v) is 7.70. The zero-order valence-corrected chi connectivity index (χ0v) is 13.2. The van der Waals surface area contributed by atoms with Crippen LogP contribution in [0.25, 0.3) is 0 Å². The van der Waals surface area contributed by atoms with Crippen molar-refractivity contribution in [3.8, 4) is 0 Å². The standard InChI is InChI=1S/C13H19FN2O4S/c1-9(13(2,3)4)8-15-21(19,20)11-7-5-6-10(14)12(11)16(17)18/h5-7,9,15H,8H2,1-4H3. The number of sulfonamides is 1. The fourth-order valence-corrected chi connectivity index (χ4v) is 2.82. The molecule has 0 radical (unpaired) electrons. The Labute approximate surface area is 123 Å². The summed E-state index contributed by atoms with van der Waals surface area (Å²) in [5, 5.41) is 10.9. The van der Waals surface area contributed by atoms with Crippen LogP contribution in [0.4, 0.5) is 10.1 Å². The van der Waals surface area contributed by atoms with E-state index in [4.69, 9.17) is 0 Å². The van der Waals surface area contributed by atoms with Gasteiger partial charge in [0.1, 0.15) is 0 Å². The van der Waals surface area contributed by atoms with Crippen LogP contribution < -0.4 is 4.72 Å². The molecule has 0 fully saturated rings. The van der Waals surface area contributed by atoms with Crippen molar-refractivity contribution in [2.24, 2.45) is 11.3 Å². The maximum absolute atomic E-state index is 13.5. The van der Waals surface area contributed by atoms with Gasteiger partial charge in [-0.3, -0.25) is 10.1 Å². The molecule has 0 heterocycles. The summed E-state index contributed by atoms with van der Waals surface area (Å²) in [6.07, 6.45) is 0. The highest BCUT2D eigenvalue weighted by atomic mass is 32.2. The molecule has 0 aliphatic carbocycles. The highest BCUT2D eigenvalue weighted by Crippen LogP contribution is 2.28. The Hall–Kier alpha value is -1.54. The Bertz CT molecular complexity index is 638. The Morgan fingerprint density at radius 3 is 2.43 bits per heavy atom. The number of rotatable bonds is 5. The average molecular weight is 318 g/mol. The summed E-state index contributed by atoms with van der Waals surface area (Å²) in [5.74, 6) is -1.17. The molecule has 0 saturated heterocycles. The predicted molar refractivity (Wildman–Crippen MR) is 76.9 cm³/mol. The van der Waals surface area contributed by atoms with E-state index >= 15 is 0 Å². The summed E-state index contributed by atoms with van der Waals surface area (Å²) in [6.45, 7) is 7.84. The SMILES string of the molecule is CC(CNS(=O)(=O)c1cccc(F)c1[N+](=O)[O-])C(C)(C)C. The molecule has 118 valence electrons. The number of benzene rings is 1. The first-order chi connectivity index (χ1) is 9.47. The van der Waals surface area contributed by atoms with E-state index in [1.807, 2.05) is 27.7 Å². The van der Waals surface area contributed by atoms with Crippen LogP contribution in [0.2, 0.25) is 0 Å². The maximum Gasteiger partial charge on any atom is 0.324 e. The second kappa shape index (κ2) is 6.07. The summed E-state index contributed by atoms with van der Waals surface area (Å²) < 4.78 is 40.1. The molecule has 1 rings (SSSR count). The van der Waals surface area contributed by atoms with E-state index in [1.165, 1.54) is 0 Å². The summed E-state index contributed by atoms with van der Waals surface area (Å²) in [7, 11) is -4.15. The molecule has 8 heteroatoms. The van der Waals surface area contributed by atoms with Gasteiger partial charge in [-0.2, -0.15) is 4.39 Å². The number of halogens is 1. The van der Waals surface area contributed by atoms with E-state index in [0.29, 0.717) is 0 Å². The van der Waals surface area contributed by atoms with Crippen molar-refractivity contribution in [2.75, 3.05) is 6.54 Å². The molecule has 0 spiro atoms. The quantitative estimate of drug-likeness (QED) is 0.667. The van der Waals surface area contributed by atoms with Crippen LogP contribution in [0.5, 0.6) is 0 Å². The second-order valence-electron chi connectivity index (χ2n) is 5.96. The molecule has 1 aromatic rings. The topological polar surface area (TPSA) is 89.3 Å². The van der Waals surface area contributed by atoms with Gasteiger partial charge in [0.15, 0.2) is 4.90 Å². The number of nitrogens with one attached hydrogen (secondary N) is 1. The third kappa shape index (κ3) is 4.21. The molecule has 1 unspecified atom stereocenters. The van der Waals surface area contributed by atoms with Crippen molar-refractivity contribution >= 4 is 15.7 Å². The van der Waals surface area contributed by atoms with Crippen molar-refractivity contribution in [1.82, 2.24) is 4.72 Å². The fourth-order valence-electron chi connectivity index (χ4n) is 1.51. The van der Waals surface area contributed by atoms with Gasteiger partial charge in [0.25, 0.3) is 0 Å². The van der Waals surface area contributed by atoms with Gasteiger partial charge in [-0.05, 0) is 23.5 Å². The highest BCUT2D eigenvalue weighted by Gasteiger charge is 2.30. The van der Waals surface area contributed by atoms with Crippen LogP contribution in [0.15, 0.2) is 23.1 Å². The maximum atomic E-state index is 13.5. The van der Waals surface area contributed by atoms with Crippen molar-refractivity contribution in [3.63, 3.8) is 0 Å². The molecule has 1 N–H and O–H groups in total. The van der Waals surface area contributed by atoms with Crippen LogP contribution in [0.1, 0.15) is 27.7 Å². The van der Waals surface area contributed by atoms with E-state index in [1.54, 1.807) is 0 Å². The van der Waals surface area contributed by atoms with E-state index < -0.39 is 31.3 Å². The van der Waals surface area contributed by atoms with Crippen LogP contribution in [-0.4, -0.2) is 19.9 Å². The van der Waals surface area contributed by atoms with E-state index in [2.05, 4.69) is 4.72 Å². The van der Waals surface area contributed by atoms with Crippen LogP contribution >= 0.6 is 0 Å². The van der Waals surface area contributed by atoms with E-state index in [0.717, 1.165) is 18.2 Å². The zero-order chi connectivity index (χ0) is 16.4.